The number of hydrogen-bond acceptors (Lipinski definition) is 18. The van der Waals surface area contributed by atoms with Crippen LogP contribution in [0.1, 0.15) is 23.3 Å². The van der Waals surface area contributed by atoms with Crippen LogP contribution in [0.2, 0.25) is 0 Å². The molecule has 0 spiro atoms. The molecule has 0 unspecified atom stereocenters. The number of phenols is 5. The van der Waals surface area contributed by atoms with E-state index in [-0.39, 0.29) is 16.9 Å². The Morgan fingerprint density at radius 1 is 0.600 bits per heavy atom. The molecule has 13 atom stereocenters. The highest BCUT2D eigenvalue weighted by molar-refractivity contribution is 5.55. The molecule has 2 fully saturated rings. The summed E-state index contributed by atoms with van der Waals surface area (Å²) in [7, 11) is 0. The third-order valence-corrected chi connectivity index (χ3v) is 7.94. The molecule has 0 aromatic heterocycles. The molecule has 250 valence electrons. The van der Waals surface area contributed by atoms with E-state index in [1.807, 2.05) is 0 Å². The maximum Gasteiger partial charge on any atom is 0.200 e. The van der Waals surface area contributed by atoms with E-state index in [1.165, 1.54) is 0 Å². The van der Waals surface area contributed by atoms with E-state index in [0.29, 0.717) is 0 Å². The first-order valence-corrected chi connectivity index (χ1v) is 13.7. The van der Waals surface area contributed by atoms with E-state index in [2.05, 4.69) is 0 Å². The van der Waals surface area contributed by atoms with Crippen molar-refractivity contribution in [2.45, 2.75) is 79.7 Å². The Bertz CT molecular complexity index is 1330. The second-order valence-electron chi connectivity index (χ2n) is 10.9. The third-order valence-electron chi connectivity index (χ3n) is 7.94. The molecule has 0 aliphatic carbocycles. The number of phenolic OH excluding ortho intramolecular Hbond substituents is 5. The monoisotopic (exact) mass is 646 g/mol. The zero-order valence-electron chi connectivity index (χ0n) is 23.1. The molecule has 3 heterocycles. The average molecular weight is 647 g/mol. The van der Waals surface area contributed by atoms with Crippen molar-refractivity contribution < 1.29 is 90.1 Å². The lowest BCUT2D eigenvalue weighted by Gasteiger charge is -2.47. The first-order chi connectivity index (χ1) is 21.3. The summed E-state index contributed by atoms with van der Waals surface area (Å²) in [6.45, 7) is -1.67. The molecule has 0 radical (unpaired) electrons. The van der Waals surface area contributed by atoms with Gasteiger partial charge >= 0.3 is 0 Å². The van der Waals surface area contributed by atoms with Gasteiger partial charge in [0.25, 0.3) is 0 Å². The Morgan fingerprint density at radius 3 is 1.76 bits per heavy atom. The van der Waals surface area contributed by atoms with Gasteiger partial charge in [0.1, 0.15) is 78.3 Å². The number of rotatable bonds is 7. The number of ether oxygens (including phenoxy) is 5. The quantitative estimate of drug-likeness (QED) is 0.129. The molecule has 0 amide bonds. The average Bonchev–Trinajstić information content (AvgIpc) is 2.99. The second-order valence-corrected chi connectivity index (χ2v) is 10.9. The fraction of sp³-hybridized carbons (Fsp3) is 0.556. The molecular formula is C27H34O18. The van der Waals surface area contributed by atoms with Crippen LogP contribution < -0.4 is 4.74 Å². The van der Waals surface area contributed by atoms with Crippen molar-refractivity contribution in [3.05, 3.63) is 35.4 Å². The molecule has 18 heteroatoms. The standard InChI is InChI=1S/C27H34O18/c28-5-13-17(35)19(37)21(39)26(42-13)44-24-14(6-29)43-27(22(40)20(24)38)45-25-18(36)15-9(31)3-8(30)4-12(15)41-23(25)7-1-10(32)16(34)11(33)2-7/h1-4,13-14,17-40H,5-6H2/t13-,14-,17+,18+,19+,20-,21-,22-,23-,24-,25+,26+,27+/m1/s1. The number of aromatic hydroxyl groups is 5. The highest BCUT2D eigenvalue weighted by Gasteiger charge is 2.53. The highest BCUT2D eigenvalue weighted by Crippen LogP contribution is 2.50. The molecular weight excluding hydrogens is 612 g/mol. The van der Waals surface area contributed by atoms with E-state index < -0.39 is 122 Å². The molecule has 45 heavy (non-hydrogen) atoms. The topological polar surface area (TPSA) is 309 Å². The summed E-state index contributed by atoms with van der Waals surface area (Å²) in [5.74, 6) is -3.74. The minimum atomic E-state index is -2.02. The van der Waals surface area contributed by atoms with Gasteiger partial charge in [-0.1, -0.05) is 0 Å². The van der Waals surface area contributed by atoms with Crippen molar-refractivity contribution in [2.24, 2.45) is 0 Å². The van der Waals surface area contributed by atoms with Crippen molar-refractivity contribution in [3.63, 3.8) is 0 Å². The minimum Gasteiger partial charge on any atom is -0.508 e. The van der Waals surface area contributed by atoms with Crippen LogP contribution >= 0.6 is 0 Å². The summed E-state index contributed by atoms with van der Waals surface area (Å²) >= 11 is 0. The number of aliphatic hydroxyl groups is 8. The zero-order valence-corrected chi connectivity index (χ0v) is 23.1. The molecule has 0 saturated carbocycles. The predicted molar refractivity (Wildman–Crippen MR) is 141 cm³/mol. The molecule has 3 aliphatic rings. The minimum absolute atomic E-state index is 0.103. The maximum absolute atomic E-state index is 11.3. The third kappa shape index (κ3) is 6.03. The van der Waals surface area contributed by atoms with Crippen LogP contribution in [0.4, 0.5) is 0 Å². The number of fused-ring (bicyclic) bond motifs is 1. The van der Waals surface area contributed by atoms with Crippen LogP contribution in [-0.2, 0) is 18.9 Å². The summed E-state index contributed by atoms with van der Waals surface area (Å²) in [6.07, 6.45) is -22.6. The maximum atomic E-state index is 11.3. The van der Waals surface area contributed by atoms with Gasteiger partial charge in [0, 0.05) is 17.7 Å². The molecule has 2 aromatic rings. The predicted octanol–water partition coefficient (Wildman–Crippen LogP) is -3.61. The molecule has 18 nitrogen and oxygen atoms in total. The van der Waals surface area contributed by atoms with Gasteiger partial charge in [-0.2, -0.15) is 0 Å². The normalized spacial score (nSPS) is 38.4. The van der Waals surface area contributed by atoms with Gasteiger partial charge in [0.05, 0.1) is 18.8 Å². The van der Waals surface area contributed by atoms with Gasteiger partial charge in [-0.3, -0.25) is 0 Å². The molecule has 2 saturated heterocycles. The number of hydrogen-bond donors (Lipinski definition) is 13. The van der Waals surface area contributed by atoms with E-state index in [9.17, 15) is 66.4 Å². The van der Waals surface area contributed by atoms with E-state index in [0.717, 1.165) is 24.3 Å². The van der Waals surface area contributed by atoms with Crippen LogP contribution in [0.15, 0.2) is 24.3 Å². The molecule has 2 aromatic carbocycles. The second kappa shape index (κ2) is 12.9. The summed E-state index contributed by atoms with van der Waals surface area (Å²) in [5, 5.41) is 134. The van der Waals surface area contributed by atoms with Gasteiger partial charge in [-0.05, 0) is 12.1 Å². The van der Waals surface area contributed by atoms with Gasteiger partial charge in [-0.15, -0.1) is 0 Å². The summed E-state index contributed by atoms with van der Waals surface area (Å²) < 4.78 is 28.1. The van der Waals surface area contributed by atoms with Gasteiger partial charge in [-0.25, -0.2) is 0 Å². The van der Waals surface area contributed by atoms with Crippen LogP contribution in [0.3, 0.4) is 0 Å². The zero-order chi connectivity index (χ0) is 32.9. The Balaban J connectivity index is 1.43. The summed E-state index contributed by atoms with van der Waals surface area (Å²) in [5.41, 5.74) is -0.372. The fourth-order valence-corrected chi connectivity index (χ4v) is 5.54. The molecule has 3 aliphatic heterocycles. The fourth-order valence-electron chi connectivity index (χ4n) is 5.54. The Hall–Kier alpha value is -3.24. The van der Waals surface area contributed by atoms with Gasteiger partial charge in [0.15, 0.2) is 35.9 Å². The Labute approximate surface area is 253 Å². The van der Waals surface area contributed by atoms with Crippen LogP contribution in [0.25, 0.3) is 0 Å². The van der Waals surface area contributed by atoms with Crippen LogP contribution in [0, 0.1) is 0 Å². The van der Waals surface area contributed by atoms with Crippen LogP contribution in [0.5, 0.6) is 34.5 Å². The SMILES string of the molecule is OC[C@H]1O[C@@H](O[C@H]2[C@H](O)[C@@H](O)[C@H](O[C@@H]3[C@@H](c4cc(O)c(O)c(O)c4)Oc4cc(O)cc(O)c4[C@@H]3O)O[C@@H]2CO)[C@H](O)[C@@H](O)[C@H]1O. The number of aliphatic hydroxyl groups excluding tert-OH is 8. The number of benzene rings is 2. The molecule has 5 rings (SSSR count). The first kappa shape index (κ1) is 33.1. The first-order valence-electron chi connectivity index (χ1n) is 13.7. The largest absolute Gasteiger partial charge is 0.508 e. The molecule has 13 N–H and O–H groups in total. The van der Waals surface area contributed by atoms with Crippen molar-refractivity contribution in [1.29, 1.82) is 0 Å². The molecule has 0 bridgehead atoms. The lowest BCUT2D eigenvalue weighted by atomic mass is 9.90. The van der Waals surface area contributed by atoms with E-state index >= 15 is 0 Å². The van der Waals surface area contributed by atoms with Crippen molar-refractivity contribution in [3.8, 4) is 34.5 Å². The Morgan fingerprint density at radius 2 is 1.16 bits per heavy atom. The van der Waals surface area contributed by atoms with E-state index in [4.69, 9.17) is 23.7 Å². The van der Waals surface area contributed by atoms with Crippen molar-refractivity contribution in [1.82, 2.24) is 0 Å². The summed E-state index contributed by atoms with van der Waals surface area (Å²) in [4.78, 5) is 0. The lowest BCUT2D eigenvalue weighted by molar-refractivity contribution is -0.367. The highest BCUT2D eigenvalue weighted by atomic mass is 16.7. The smallest absolute Gasteiger partial charge is 0.200 e. The van der Waals surface area contributed by atoms with Crippen molar-refractivity contribution in [2.75, 3.05) is 13.2 Å². The van der Waals surface area contributed by atoms with Gasteiger partial charge in [0.2, 0.25) is 0 Å². The Kier molecular flexibility index (Phi) is 9.48. The van der Waals surface area contributed by atoms with Crippen molar-refractivity contribution >= 4 is 0 Å². The summed E-state index contributed by atoms with van der Waals surface area (Å²) in [6, 6.07) is 3.88. The lowest BCUT2D eigenvalue weighted by Crippen LogP contribution is -2.65. The van der Waals surface area contributed by atoms with Gasteiger partial charge < -0.3 is 90.1 Å². The van der Waals surface area contributed by atoms with Crippen LogP contribution in [-0.4, -0.2) is 147 Å². The van der Waals surface area contributed by atoms with E-state index in [1.54, 1.807) is 0 Å².